The largest absolute Gasteiger partial charge is 0.464 e. The lowest BCUT2D eigenvalue weighted by Crippen LogP contribution is -2.67. The summed E-state index contributed by atoms with van der Waals surface area (Å²) in [5.74, 6) is -2.55. The van der Waals surface area contributed by atoms with E-state index in [4.69, 9.17) is 18.9 Å². The topological polar surface area (TPSA) is 157 Å². The number of alkyl halides is 3. The number of amides is 3. The van der Waals surface area contributed by atoms with Gasteiger partial charge in [0.25, 0.3) is 5.91 Å². The molecule has 6 bridgehead atoms. The lowest BCUT2D eigenvalue weighted by molar-refractivity contribution is -0.158. The van der Waals surface area contributed by atoms with E-state index in [0.29, 0.717) is 66.0 Å². The Morgan fingerprint density at radius 2 is 1.89 bits per heavy atom. The zero-order chi connectivity index (χ0) is 47.7. The van der Waals surface area contributed by atoms with Gasteiger partial charge in [-0.05, 0) is 74.1 Å². The first-order valence-corrected chi connectivity index (χ1v) is 23.1. The summed E-state index contributed by atoms with van der Waals surface area (Å²) >= 11 is 0. The van der Waals surface area contributed by atoms with Crippen molar-refractivity contribution in [1.82, 2.24) is 30.2 Å². The third-order valence-corrected chi connectivity index (χ3v) is 13.6. The molecule has 7 rings (SSSR count). The zero-order valence-electron chi connectivity index (χ0n) is 38.5. The van der Waals surface area contributed by atoms with Gasteiger partial charge in [0.05, 0.1) is 65.7 Å². The Bertz CT molecular complexity index is 2300. The van der Waals surface area contributed by atoms with Crippen molar-refractivity contribution in [2.45, 2.75) is 103 Å². The molecule has 19 heteroatoms. The molecule has 3 radical (unpaired) electrons. The molecule has 0 aliphatic carbocycles. The summed E-state index contributed by atoms with van der Waals surface area (Å²) in [5, 5.41) is 3.45. The van der Waals surface area contributed by atoms with Crippen LogP contribution in [-0.2, 0) is 51.1 Å². The number of ether oxygens (including phenoxy) is 4. The van der Waals surface area contributed by atoms with Crippen molar-refractivity contribution in [2.24, 2.45) is 17.3 Å². The summed E-state index contributed by atoms with van der Waals surface area (Å²) in [5.41, 5.74) is 5.32. The van der Waals surface area contributed by atoms with Crippen LogP contribution in [0.25, 0.3) is 22.2 Å². The smallest absolute Gasteiger partial charge is 0.406 e. The Hall–Kier alpha value is -4.82. The van der Waals surface area contributed by atoms with Crippen LogP contribution in [0.4, 0.5) is 18.9 Å². The number of rotatable bonds is 11. The highest BCUT2D eigenvalue weighted by Gasteiger charge is 2.44. The molecule has 3 amide bonds. The van der Waals surface area contributed by atoms with Crippen LogP contribution in [0.15, 0.2) is 49.2 Å². The van der Waals surface area contributed by atoms with E-state index in [1.165, 1.54) is 22.8 Å². The second-order valence-corrected chi connectivity index (χ2v) is 19.9. The Kier molecular flexibility index (Phi) is 14.7. The summed E-state index contributed by atoms with van der Waals surface area (Å²) in [6.07, 6.45) is -2.13. The van der Waals surface area contributed by atoms with Gasteiger partial charge in [-0.15, -0.1) is 0 Å². The Morgan fingerprint density at radius 1 is 1.14 bits per heavy atom. The molecule has 357 valence electrons. The number of morpholine rings is 1. The molecule has 0 saturated carbocycles. The standard InChI is InChI=1S/C47H61F3N7O8Si/c1-8-39(58)55-23-32(24-55)64-25-36(28(2)3)42(59)52-37-20-31-22-54(17-18-63-31)30-12-13-38-34(19-30)35(21-45(5,6)27-65-44(61)46(66)14-10-16-57(53-46)43(37)60)41(56(38)26-47(48,49)50)33-11-9-15-51-40(33)29(4)62-7/h8-9,11-13,15,19,28-29,31-32,36-37,53H,1,10,14,16-18,20-27H2,2-7H3,(H,52,59)/t29-,31-,36-,37-,46-/m0/s1. The summed E-state index contributed by atoms with van der Waals surface area (Å²) in [6.45, 7) is 13.6. The number of hydrazine groups is 1. The van der Waals surface area contributed by atoms with E-state index in [2.05, 4.69) is 37.4 Å². The number of esters is 1. The average molecular weight is 937 g/mol. The van der Waals surface area contributed by atoms with Crippen LogP contribution in [0.5, 0.6) is 0 Å². The minimum absolute atomic E-state index is 0.0671. The number of nitrogens with one attached hydrogen (secondary N) is 2. The lowest BCUT2D eigenvalue weighted by atomic mass is 9.84. The van der Waals surface area contributed by atoms with Gasteiger partial charge in [0, 0.05) is 80.0 Å². The highest BCUT2D eigenvalue weighted by molar-refractivity contribution is 6.27. The molecule has 3 aromatic rings. The summed E-state index contributed by atoms with van der Waals surface area (Å²) in [6, 6.07) is 7.78. The van der Waals surface area contributed by atoms with E-state index in [1.807, 2.05) is 33.8 Å². The van der Waals surface area contributed by atoms with E-state index >= 15 is 0 Å². The quantitative estimate of drug-likeness (QED) is 0.154. The van der Waals surface area contributed by atoms with Gasteiger partial charge in [0.1, 0.15) is 17.7 Å². The maximum absolute atomic E-state index is 14.7. The van der Waals surface area contributed by atoms with Gasteiger partial charge < -0.3 is 38.6 Å². The molecule has 0 spiro atoms. The molecule has 4 aliphatic heterocycles. The van der Waals surface area contributed by atoms with E-state index in [1.54, 1.807) is 42.3 Å². The van der Waals surface area contributed by atoms with Crippen molar-refractivity contribution in [3.63, 3.8) is 0 Å². The van der Waals surface area contributed by atoms with Gasteiger partial charge in [-0.3, -0.25) is 29.2 Å². The van der Waals surface area contributed by atoms with Crippen LogP contribution in [0.3, 0.4) is 0 Å². The molecule has 3 fully saturated rings. The van der Waals surface area contributed by atoms with Crippen molar-refractivity contribution >= 4 is 50.5 Å². The van der Waals surface area contributed by atoms with Gasteiger partial charge in [0.15, 0.2) is 0 Å². The maximum atomic E-state index is 14.7. The highest BCUT2D eigenvalue weighted by atomic mass is 28.1. The summed E-state index contributed by atoms with van der Waals surface area (Å²) in [4.78, 5) is 63.2. The van der Waals surface area contributed by atoms with E-state index < -0.39 is 65.2 Å². The first-order chi connectivity index (χ1) is 31.2. The molecule has 2 N–H and O–H groups in total. The maximum Gasteiger partial charge on any atom is 0.406 e. The number of anilines is 1. The molecule has 6 heterocycles. The molecule has 4 aliphatic rings. The molecule has 5 atom stereocenters. The van der Waals surface area contributed by atoms with Crippen molar-refractivity contribution < 1.29 is 51.3 Å². The fourth-order valence-corrected chi connectivity index (χ4v) is 9.66. The third kappa shape index (κ3) is 10.8. The van der Waals surface area contributed by atoms with E-state index in [0.717, 1.165) is 5.69 Å². The number of pyridine rings is 1. The number of benzene rings is 1. The molecular weight excluding hydrogens is 876 g/mol. The number of carbonyl (C=O) groups excluding carboxylic acids is 4. The van der Waals surface area contributed by atoms with Crippen LogP contribution in [-0.4, -0.2) is 143 Å². The number of aromatic nitrogens is 2. The van der Waals surface area contributed by atoms with Crippen LogP contribution in [0.2, 0.25) is 0 Å². The number of nitrogens with zero attached hydrogens (tertiary/aromatic N) is 5. The second-order valence-electron chi connectivity index (χ2n) is 19.1. The van der Waals surface area contributed by atoms with Crippen molar-refractivity contribution in [2.75, 3.05) is 64.6 Å². The monoisotopic (exact) mass is 936 g/mol. The van der Waals surface area contributed by atoms with Crippen molar-refractivity contribution in [3.05, 3.63) is 60.4 Å². The van der Waals surface area contributed by atoms with Gasteiger partial charge in [-0.1, -0.05) is 34.3 Å². The van der Waals surface area contributed by atoms with E-state index in [-0.39, 0.29) is 63.6 Å². The van der Waals surface area contributed by atoms with Gasteiger partial charge in [0.2, 0.25) is 11.8 Å². The fourth-order valence-electron chi connectivity index (χ4n) is 9.27. The van der Waals surface area contributed by atoms with Crippen LogP contribution in [0, 0.1) is 17.3 Å². The molecule has 66 heavy (non-hydrogen) atoms. The van der Waals surface area contributed by atoms with Gasteiger partial charge >= 0.3 is 12.1 Å². The number of methoxy groups -OCH3 is 1. The van der Waals surface area contributed by atoms with Gasteiger partial charge in [-0.25, -0.2) is 5.43 Å². The molecule has 1 aromatic carbocycles. The first-order valence-electron chi connectivity index (χ1n) is 22.6. The average Bonchev–Trinajstić information content (AvgIpc) is 3.54. The highest BCUT2D eigenvalue weighted by Crippen LogP contribution is 2.43. The Balaban J connectivity index is 1.28. The number of halogens is 3. The number of likely N-dealkylation sites (tertiary alicyclic amines) is 1. The molecule has 2 aromatic heterocycles. The number of carbonyl (C=O) groups is 4. The molecule has 15 nitrogen and oxygen atoms in total. The van der Waals surface area contributed by atoms with E-state index in [9.17, 15) is 32.3 Å². The van der Waals surface area contributed by atoms with Crippen LogP contribution >= 0.6 is 0 Å². The molecule has 3 saturated heterocycles. The Labute approximate surface area is 387 Å². The SMILES string of the molecule is C=CC(=O)N1CC(OC[C@H](C(=O)N[C@H]2C[C@H]3CN(CCO3)c3ccc4c(c3)c(c(-c3cccnc3[C@H](C)OC)n4CC(F)(F)F)CC(C)(C)COC(=O)[C@@]3([Si])CCCN(N3)C2=O)C(C)C)C1. The van der Waals surface area contributed by atoms with Crippen molar-refractivity contribution in [1.29, 1.82) is 0 Å². The fraction of sp³-hybridized carbons (Fsp3) is 0.596. The zero-order valence-corrected chi connectivity index (χ0v) is 39.5. The predicted molar refractivity (Wildman–Crippen MR) is 241 cm³/mol. The Morgan fingerprint density at radius 3 is 2.59 bits per heavy atom. The lowest BCUT2D eigenvalue weighted by Gasteiger charge is -2.42. The normalized spacial score (nSPS) is 24.1. The number of hydrogen-bond donors (Lipinski definition) is 2. The number of fused-ring (bicyclic) bond motifs is 6. The predicted octanol–water partition coefficient (Wildman–Crippen LogP) is 4.86. The van der Waals surface area contributed by atoms with Gasteiger partial charge in [-0.2, -0.15) is 13.2 Å². The van der Waals surface area contributed by atoms with Crippen LogP contribution in [0.1, 0.15) is 71.2 Å². The van der Waals surface area contributed by atoms with Crippen LogP contribution < -0.4 is 15.6 Å². The minimum Gasteiger partial charge on any atom is -0.464 e. The number of hydrogen-bond acceptors (Lipinski definition) is 11. The first kappa shape index (κ1) is 49.1. The molecular formula is C47H61F3N7O8Si. The number of cyclic esters (lactones) is 1. The second kappa shape index (κ2) is 19.8. The third-order valence-electron chi connectivity index (χ3n) is 13.0. The summed E-state index contributed by atoms with van der Waals surface area (Å²) in [7, 11) is 5.17. The van der Waals surface area contributed by atoms with Crippen molar-refractivity contribution in [3.8, 4) is 11.3 Å². The summed E-state index contributed by atoms with van der Waals surface area (Å²) < 4.78 is 69.4. The molecule has 0 unspecified atom stereocenters. The minimum atomic E-state index is -4.58.